The van der Waals surface area contributed by atoms with Crippen LogP contribution in [0.1, 0.15) is 34.6 Å². The summed E-state index contributed by atoms with van der Waals surface area (Å²) in [5, 5.41) is 0. The molecular formula is C15H35AsO10. The Bertz CT molecular complexity index is 245. The van der Waals surface area contributed by atoms with Crippen LogP contribution in [0.4, 0.5) is 0 Å². The van der Waals surface area contributed by atoms with Crippen molar-refractivity contribution >= 4 is 14.2 Å². The van der Waals surface area contributed by atoms with E-state index < -0.39 is 14.2 Å². The van der Waals surface area contributed by atoms with Crippen LogP contribution in [0.25, 0.3) is 0 Å². The Kier molecular flexibility index (Phi) is 16.2. The number of hydrogen-bond acceptors (Lipinski definition) is 10. The van der Waals surface area contributed by atoms with Crippen LogP contribution >= 0.6 is 0 Å². The van der Waals surface area contributed by atoms with Gasteiger partial charge in [0.25, 0.3) is 0 Å². The average molecular weight is 450 g/mol. The maximum atomic E-state index is 5.79. The topological polar surface area (TPSA) is 92.3 Å². The third-order valence-corrected chi connectivity index (χ3v) is 8.28. The van der Waals surface area contributed by atoms with Crippen LogP contribution in [0.15, 0.2) is 0 Å². The van der Waals surface area contributed by atoms with Crippen LogP contribution < -0.4 is 0 Å². The van der Waals surface area contributed by atoms with Crippen molar-refractivity contribution < 1.29 is 42.3 Å². The van der Waals surface area contributed by atoms with Crippen molar-refractivity contribution in [3.63, 3.8) is 0 Å². The molecule has 10 nitrogen and oxygen atoms in total. The summed E-state index contributed by atoms with van der Waals surface area (Å²) in [7, 11) is 0. The standard InChI is InChI=1S/C15H35AsO10/c1-6-17-11-22-16(23-12-18-7-2,24-13-19-8-3,25-14-20-9-4)26-15-21-10-5/h6-15H2,1-5H3. The van der Waals surface area contributed by atoms with E-state index in [1.807, 2.05) is 34.6 Å². The molecule has 0 aliphatic carbocycles. The summed E-state index contributed by atoms with van der Waals surface area (Å²) in [5.41, 5.74) is 0. The molecule has 0 aliphatic heterocycles. The van der Waals surface area contributed by atoms with Gasteiger partial charge in [0.15, 0.2) is 0 Å². The zero-order chi connectivity index (χ0) is 19.6. The van der Waals surface area contributed by atoms with Gasteiger partial charge in [-0.3, -0.25) is 0 Å². The van der Waals surface area contributed by atoms with Gasteiger partial charge in [-0.15, -0.1) is 0 Å². The normalized spacial score (nSPS) is 13.7. The van der Waals surface area contributed by atoms with E-state index >= 15 is 0 Å². The second kappa shape index (κ2) is 16.1. The summed E-state index contributed by atoms with van der Waals surface area (Å²) in [6, 6.07) is 0. The van der Waals surface area contributed by atoms with Crippen molar-refractivity contribution in [2.45, 2.75) is 34.6 Å². The van der Waals surface area contributed by atoms with Gasteiger partial charge in [-0.1, -0.05) is 0 Å². The Morgan fingerprint density at radius 3 is 0.731 bits per heavy atom. The van der Waals surface area contributed by atoms with Crippen molar-refractivity contribution in [1.82, 2.24) is 0 Å². The molecule has 0 atom stereocenters. The molecule has 0 N–H and O–H groups in total. The van der Waals surface area contributed by atoms with Gasteiger partial charge in [-0.05, 0) is 0 Å². The summed E-state index contributed by atoms with van der Waals surface area (Å²) in [4.78, 5) is 0. The molecule has 26 heavy (non-hydrogen) atoms. The maximum absolute atomic E-state index is 5.79. The third-order valence-electron chi connectivity index (χ3n) is 2.75. The molecule has 0 saturated heterocycles. The van der Waals surface area contributed by atoms with E-state index in [1.165, 1.54) is 0 Å². The van der Waals surface area contributed by atoms with Gasteiger partial charge in [0.2, 0.25) is 0 Å². The molecule has 0 bridgehead atoms. The summed E-state index contributed by atoms with van der Waals surface area (Å²) < 4.78 is 55.4. The molecule has 160 valence electrons. The summed E-state index contributed by atoms with van der Waals surface area (Å²) in [5.74, 6) is 0. The SMILES string of the molecule is CCOCO[As](OCOCC)(OCOCC)(OCOCC)OCOCC. The predicted molar refractivity (Wildman–Crippen MR) is 93.6 cm³/mol. The fourth-order valence-corrected chi connectivity index (χ4v) is 5.56. The first-order chi connectivity index (χ1) is 12.6. The van der Waals surface area contributed by atoms with Crippen molar-refractivity contribution in [3.8, 4) is 0 Å². The van der Waals surface area contributed by atoms with Crippen LogP contribution in [0.3, 0.4) is 0 Å². The van der Waals surface area contributed by atoms with E-state index in [9.17, 15) is 0 Å². The Balaban J connectivity index is 5.49. The van der Waals surface area contributed by atoms with Gasteiger partial charge in [0.05, 0.1) is 0 Å². The molecule has 0 aliphatic rings. The van der Waals surface area contributed by atoms with Crippen molar-refractivity contribution in [1.29, 1.82) is 0 Å². The number of rotatable bonds is 20. The van der Waals surface area contributed by atoms with Gasteiger partial charge >= 0.3 is 158 Å². The van der Waals surface area contributed by atoms with E-state index in [-0.39, 0.29) is 34.0 Å². The molecule has 0 rings (SSSR count). The second-order valence-corrected chi connectivity index (χ2v) is 10.3. The molecule has 0 radical (unpaired) electrons. The minimum absolute atomic E-state index is 0.168. The summed E-state index contributed by atoms with van der Waals surface area (Å²) >= 11 is -5.32. The molecular weight excluding hydrogens is 415 g/mol. The van der Waals surface area contributed by atoms with Crippen LogP contribution in [-0.4, -0.2) is 81.2 Å². The van der Waals surface area contributed by atoms with Crippen molar-refractivity contribution in [3.05, 3.63) is 0 Å². The Morgan fingerprint density at radius 1 is 0.385 bits per heavy atom. The molecule has 0 aromatic rings. The number of ether oxygens (including phenoxy) is 5. The first kappa shape index (κ1) is 26.2. The molecule has 11 heteroatoms. The van der Waals surface area contributed by atoms with Crippen LogP contribution in [0.2, 0.25) is 0 Å². The quantitative estimate of drug-likeness (QED) is 0.156. The monoisotopic (exact) mass is 450 g/mol. The zero-order valence-electron chi connectivity index (χ0n) is 16.6. The summed E-state index contributed by atoms with van der Waals surface area (Å²) in [6.07, 6.45) is 0. The van der Waals surface area contributed by atoms with Gasteiger partial charge < -0.3 is 0 Å². The number of hydrogen-bond donors (Lipinski definition) is 0. The third kappa shape index (κ3) is 10.5. The van der Waals surface area contributed by atoms with E-state index in [1.54, 1.807) is 0 Å². The van der Waals surface area contributed by atoms with E-state index in [4.69, 9.17) is 42.3 Å². The fraction of sp³-hybridized carbons (Fsp3) is 1.00. The Hall–Kier alpha value is 0.158. The van der Waals surface area contributed by atoms with E-state index in [0.717, 1.165) is 0 Å². The van der Waals surface area contributed by atoms with Gasteiger partial charge in [-0.25, -0.2) is 0 Å². The van der Waals surface area contributed by atoms with E-state index in [0.29, 0.717) is 33.0 Å². The van der Waals surface area contributed by atoms with Gasteiger partial charge in [0, 0.05) is 0 Å². The molecule has 0 spiro atoms. The minimum atomic E-state index is -5.32. The molecule has 0 saturated carbocycles. The van der Waals surface area contributed by atoms with Crippen molar-refractivity contribution in [2.24, 2.45) is 0 Å². The molecule has 0 aromatic heterocycles. The van der Waals surface area contributed by atoms with E-state index in [2.05, 4.69) is 0 Å². The fourth-order valence-electron chi connectivity index (χ4n) is 1.41. The Morgan fingerprint density at radius 2 is 0.577 bits per heavy atom. The molecule has 0 fully saturated rings. The molecule has 0 amide bonds. The second-order valence-electron chi connectivity index (χ2n) is 4.44. The first-order valence-electron chi connectivity index (χ1n) is 8.78. The van der Waals surface area contributed by atoms with Crippen LogP contribution in [0, 0.1) is 0 Å². The molecule has 0 aromatic carbocycles. The van der Waals surface area contributed by atoms with Crippen LogP contribution in [0.5, 0.6) is 0 Å². The first-order valence-corrected chi connectivity index (χ1v) is 12.6. The van der Waals surface area contributed by atoms with Crippen LogP contribution in [-0.2, 0) is 42.3 Å². The predicted octanol–water partition coefficient (Wildman–Crippen LogP) is 1.93. The zero-order valence-corrected chi connectivity index (χ0v) is 18.5. The molecule has 0 unspecified atom stereocenters. The van der Waals surface area contributed by atoms with Gasteiger partial charge in [0.1, 0.15) is 0 Å². The van der Waals surface area contributed by atoms with Gasteiger partial charge in [-0.2, -0.15) is 0 Å². The summed E-state index contributed by atoms with van der Waals surface area (Å²) in [6.45, 7) is 10.4. The molecule has 0 heterocycles. The average Bonchev–Trinajstić information content (AvgIpc) is 2.63. The van der Waals surface area contributed by atoms with Crippen molar-refractivity contribution in [2.75, 3.05) is 67.0 Å². The Labute approximate surface area is 158 Å².